The molecule has 10 heavy (non-hydrogen) atoms. The van der Waals surface area contributed by atoms with Gasteiger partial charge in [-0.25, -0.2) is 0 Å². The molecule has 1 saturated heterocycles. The van der Waals surface area contributed by atoms with E-state index in [1.807, 2.05) is 0 Å². The zero-order valence-electron chi connectivity index (χ0n) is 5.36. The highest BCUT2D eigenvalue weighted by Crippen LogP contribution is 2.24. The Balaban J connectivity index is 2.31. The summed E-state index contributed by atoms with van der Waals surface area (Å²) >= 11 is 0. The van der Waals surface area contributed by atoms with E-state index in [1.54, 1.807) is 0 Å². The normalized spacial score (nSPS) is 33.4. The van der Waals surface area contributed by atoms with Crippen molar-refractivity contribution < 1.29 is 14.6 Å². The molecule has 0 bridgehead atoms. The number of aliphatic hydroxyl groups excluding tert-OH is 1. The molecule has 5 nitrogen and oxygen atoms in total. The Bertz CT molecular complexity index is 150. The maximum Gasteiger partial charge on any atom is 0.249 e. The summed E-state index contributed by atoms with van der Waals surface area (Å²) in [5.74, 6) is -0.544. The number of ether oxygens (including phenoxy) is 1. The van der Waals surface area contributed by atoms with Gasteiger partial charge in [-0.05, 0) is 0 Å². The number of carbonyl (C=O) groups is 1. The molecule has 58 valence electrons. The highest BCUT2D eigenvalue weighted by atomic mass is 16.6. The molecule has 0 aromatic rings. The van der Waals surface area contributed by atoms with Crippen molar-refractivity contribution in [1.82, 2.24) is 0 Å². The average molecular weight is 146 g/mol. The number of amides is 1. The minimum Gasteiger partial charge on any atom is -0.389 e. The topological polar surface area (TPSA) is 102 Å². The number of hydrogen-bond donors (Lipinski definition) is 3. The third kappa shape index (κ3) is 1.26. The zero-order valence-corrected chi connectivity index (χ0v) is 5.36. The smallest absolute Gasteiger partial charge is 0.249 e. The molecular formula is C5H10N2O3. The first-order valence-corrected chi connectivity index (χ1v) is 2.99. The Labute approximate surface area is 57.9 Å². The summed E-state index contributed by atoms with van der Waals surface area (Å²) in [6.45, 7) is 0.0917. The molecule has 0 unspecified atom stereocenters. The van der Waals surface area contributed by atoms with Gasteiger partial charge in [0.2, 0.25) is 5.91 Å². The molecule has 1 aliphatic rings. The van der Waals surface area contributed by atoms with E-state index in [0.717, 1.165) is 0 Å². The summed E-state index contributed by atoms with van der Waals surface area (Å²) < 4.78 is 4.73. The molecule has 1 fully saturated rings. The molecule has 5 N–H and O–H groups in total. The van der Waals surface area contributed by atoms with Crippen molar-refractivity contribution in [3.8, 4) is 0 Å². The number of nitrogens with two attached hydrogens (primary N) is 2. The van der Waals surface area contributed by atoms with Crippen molar-refractivity contribution in [2.45, 2.75) is 18.3 Å². The van der Waals surface area contributed by atoms with Crippen molar-refractivity contribution in [3.63, 3.8) is 0 Å². The van der Waals surface area contributed by atoms with Crippen LogP contribution in [-0.2, 0) is 9.53 Å². The summed E-state index contributed by atoms with van der Waals surface area (Å²) in [5, 5.41) is 8.96. The lowest BCUT2D eigenvalue weighted by molar-refractivity contribution is -0.119. The van der Waals surface area contributed by atoms with Crippen LogP contribution in [0.4, 0.5) is 0 Å². The third-order valence-corrected chi connectivity index (χ3v) is 1.43. The third-order valence-electron chi connectivity index (χ3n) is 1.43. The number of primary amides is 1. The molecule has 3 atom stereocenters. The Morgan fingerprint density at radius 3 is 2.70 bits per heavy atom. The molecule has 0 aliphatic carbocycles. The van der Waals surface area contributed by atoms with E-state index in [9.17, 15) is 4.79 Å². The molecule has 0 spiro atoms. The lowest BCUT2D eigenvalue weighted by atomic mass is 10.2. The van der Waals surface area contributed by atoms with Gasteiger partial charge >= 0.3 is 0 Å². The van der Waals surface area contributed by atoms with Crippen LogP contribution in [0.5, 0.6) is 0 Å². The number of rotatable bonds is 3. The van der Waals surface area contributed by atoms with Crippen LogP contribution in [0.15, 0.2) is 0 Å². The molecule has 5 heteroatoms. The van der Waals surface area contributed by atoms with Gasteiger partial charge in [-0.2, -0.15) is 0 Å². The molecule has 1 rings (SSSR count). The first kappa shape index (κ1) is 7.46. The molecule has 1 amide bonds. The van der Waals surface area contributed by atoms with Gasteiger partial charge < -0.3 is 21.3 Å². The van der Waals surface area contributed by atoms with E-state index in [2.05, 4.69) is 0 Å². The molecule has 0 radical (unpaired) electrons. The van der Waals surface area contributed by atoms with Gasteiger partial charge in [0.15, 0.2) is 6.10 Å². The van der Waals surface area contributed by atoms with E-state index in [4.69, 9.17) is 21.3 Å². The fourth-order valence-corrected chi connectivity index (χ4v) is 0.779. The summed E-state index contributed by atoms with van der Waals surface area (Å²) in [4.78, 5) is 10.3. The van der Waals surface area contributed by atoms with E-state index in [0.29, 0.717) is 0 Å². The zero-order chi connectivity index (χ0) is 7.72. The SMILES string of the molecule is NC[C@@H](O)[C@@H]1O[C@@H]1C(N)=O. The van der Waals surface area contributed by atoms with Gasteiger partial charge in [0, 0.05) is 6.54 Å². The van der Waals surface area contributed by atoms with Crippen LogP contribution >= 0.6 is 0 Å². The van der Waals surface area contributed by atoms with Crippen LogP contribution in [0.3, 0.4) is 0 Å². The van der Waals surface area contributed by atoms with Crippen LogP contribution in [0, 0.1) is 0 Å². The van der Waals surface area contributed by atoms with Crippen molar-refractivity contribution in [1.29, 1.82) is 0 Å². The minimum absolute atomic E-state index is 0.0917. The Kier molecular flexibility index (Phi) is 1.89. The maximum atomic E-state index is 10.3. The van der Waals surface area contributed by atoms with E-state index < -0.39 is 24.2 Å². The van der Waals surface area contributed by atoms with Gasteiger partial charge in [-0.15, -0.1) is 0 Å². The van der Waals surface area contributed by atoms with E-state index in [-0.39, 0.29) is 6.54 Å². The van der Waals surface area contributed by atoms with Crippen LogP contribution in [0.2, 0.25) is 0 Å². The van der Waals surface area contributed by atoms with Crippen LogP contribution in [0.25, 0.3) is 0 Å². The Hall–Kier alpha value is -0.650. The number of aliphatic hydroxyl groups is 1. The Morgan fingerprint density at radius 2 is 2.40 bits per heavy atom. The van der Waals surface area contributed by atoms with E-state index in [1.165, 1.54) is 0 Å². The first-order valence-electron chi connectivity index (χ1n) is 2.99. The summed E-state index contributed by atoms with van der Waals surface area (Å²) in [6.07, 6.45) is -1.86. The summed E-state index contributed by atoms with van der Waals surface area (Å²) in [6, 6.07) is 0. The molecule has 0 saturated carbocycles. The van der Waals surface area contributed by atoms with Crippen molar-refractivity contribution >= 4 is 5.91 Å². The van der Waals surface area contributed by atoms with Gasteiger partial charge in [0.1, 0.15) is 6.10 Å². The number of hydrogen-bond acceptors (Lipinski definition) is 4. The van der Waals surface area contributed by atoms with Crippen LogP contribution in [0.1, 0.15) is 0 Å². The fourth-order valence-electron chi connectivity index (χ4n) is 0.779. The number of carbonyl (C=O) groups excluding carboxylic acids is 1. The van der Waals surface area contributed by atoms with Crippen LogP contribution in [-0.4, -0.2) is 35.9 Å². The monoisotopic (exact) mass is 146 g/mol. The van der Waals surface area contributed by atoms with Gasteiger partial charge in [0.25, 0.3) is 0 Å². The predicted molar refractivity (Wildman–Crippen MR) is 32.9 cm³/mol. The summed E-state index contributed by atoms with van der Waals surface area (Å²) in [7, 11) is 0. The average Bonchev–Trinajstić information content (AvgIpc) is 2.64. The lowest BCUT2D eigenvalue weighted by Crippen LogP contribution is -2.30. The lowest BCUT2D eigenvalue weighted by Gasteiger charge is -1.99. The second-order valence-electron chi connectivity index (χ2n) is 2.23. The fraction of sp³-hybridized carbons (Fsp3) is 0.800. The second-order valence-corrected chi connectivity index (χ2v) is 2.23. The molecule has 0 aromatic heterocycles. The highest BCUT2D eigenvalue weighted by molar-refractivity contribution is 5.82. The molecule has 0 aromatic carbocycles. The Morgan fingerprint density at radius 1 is 1.80 bits per heavy atom. The minimum atomic E-state index is -0.766. The van der Waals surface area contributed by atoms with Crippen molar-refractivity contribution in [2.75, 3.05) is 6.54 Å². The van der Waals surface area contributed by atoms with Gasteiger partial charge in [0.05, 0.1) is 6.10 Å². The highest BCUT2D eigenvalue weighted by Gasteiger charge is 2.47. The maximum absolute atomic E-state index is 10.3. The van der Waals surface area contributed by atoms with Crippen LogP contribution < -0.4 is 11.5 Å². The molecular weight excluding hydrogens is 136 g/mol. The quantitative estimate of drug-likeness (QED) is 0.385. The van der Waals surface area contributed by atoms with Crippen molar-refractivity contribution in [3.05, 3.63) is 0 Å². The molecule has 1 heterocycles. The standard InChI is InChI=1S/C5H10N2O3/c6-1-2(8)3-4(10-3)5(7)9/h2-4,8H,1,6H2,(H2,7,9)/t2-,3+,4+/m1/s1. The first-order chi connectivity index (χ1) is 4.66. The van der Waals surface area contributed by atoms with E-state index >= 15 is 0 Å². The van der Waals surface area contributed by atoms with Gasteiger partial charge in [-0.3, -0.25) is 4.79 Å². The second kappa shape index (κ2) is 2.53. The largest absolute Gasteiger partial charge is 0.389 e. The molecule has 1 aliphatic heterocycles. The van der Waals surface area contributed by atoms with Gasteiger partial charge in [-0.1, -0.05) is 0 Å². The predicted octanol–water partition coefficient (Wildman–Crippen LogP) is -2.44. The summed E-state index contributed by atoms with van der Waals surface area (Å²) in [5.41, 5.74) is 9.96. The number of epoxide rings is 1. The van der Waals surface area contributed by atoms with Crippen molar-refractivity contribution in [2.24, 2.45) is 11.5 Å².